The van der Waals surface area contributed by atoms with Gasteiger partial charge in [-0.25, -0.2) is 0 Å². The molecule has 66 valence electrons. The van der Waals surface area contributed by atoms with Gasteiger partial charge in [0.05, 0.1) is 5.71 Å². The van der Waals surface area contributed by atoms with Crippen LogP contribution in [0.3, 0.4) is 0 Å². The fraction of sp³-hybridized carbons (Fsp3) is 0.889. The minimum atomic E-state index is 0.797. The van der Waals surface area contributed by atoms with Gasteiger partial charge in [-0.1, -0.05) is 25.4 Å². The smallest absolute Gasteiger partial charge is 0.106 e. The highest BCUT2D eigenvalue weighted by Gasteiger charge is 1.95. The normalized spacial score (nSPS) is 12.3. The molecule has 0 unspecified atom stereocenters. The van der Waals surface area contributed by atoms with Crippen molar-refractivity contribution >= 4 is 5.71 Å². The van der Waals surface area contributed by atoms with Gasteiger partial charge in [0, 0.05) is 0 Å². The third kappa shape index (κ3) is 7.37. The molecule has 0 aromatic carbocycles. The molecule has 0 saturated heterocycles. The number of hydrogen-bond donors (Lipinski definition) is 0. The van der Waals surface area contributed by atoms with Crippen LogP contribution in [0.15, 0.2) is 5.16 Å². The first-order valence-electron chi connectivity index (χ1n) is 4.23. The van der Waals surface area contributed by atoms with Crippen LogP contribution < -0.4 is 0 Å². The Hall–Kier alpha value is -0.530. The van der Waals surface area contributed by atoms with Gasteiger partial charge < -0.3 is 4.84 Å². The lowest BCUT2D eigenvalue weighted by Gasteiger charge is -2.02. The SMILES string of the molecule is CO/N=C(/C)CCCC(C)C. The van der Waals surface area contributed by atoms with Crippen LogP contribution in [0, 0.1) is 5.92 Å². The Morgan fingerprint density at radius 1 is 1.45 bits per heavy atom. The Kier molecular flexibility index (Phi) is 5.90. The van der Waals surface area contributed by atoms with Crippen molar-refractivity contribution in [1.82, 2.24) is 0 Å². The van der Waals surface area contributed by atoms with Crippen LogP contribution in [0.4, 0.5) is 0 Å². The van der Waals surface area contributed by atoms with Crippen molar-refractivity contribution in [3.63, 3.8) is 0 Å². The van der Waals surface area contributed by atoms with Crippen LogP contribution in [0.25, 0.3) is 0 Å². The van der Waals surface area contributed by atoms with Gasteiger partial charge >= 0.3 is 0 Å². The fourth-order valence-electron chi connectivity index (χ4n) is 0.968. The van der Waals surface area contributed by atoms with Crippen molar-refractivity contribution in [2.75, 3.05) is 7.11 Å². The first-order valence-corrected chi connectivity index (χ1v) is 4.23. The summed E-state index contributed by atoms with van der Waals surface area (Å²) in [6.45, 7) is 6.48. The molecular weight excluding hydrogens is 138 g/mol. The van der Waals surface area contributed by atoms with Crippen molar-refractivity contribution < 1.29 is 4.84 Å². The average molecular weight is 157 g/mol. The summed E-state index contributed by atoms with van der Waals surface area (Å²) in [5, 5.41) is 3.84. The summed E-state index contributed by atoms with van der Waals surface area (Å²) in [7, 11) is 1.59. The highest BCUT2D eigenvalue weighted by molar-refractivity contribution is 5.81. The lowest BCUT2D eigenvalue weighted by Crippen LogP contribution is -1.94. The zero-order chi connectivity index (χ0) is 8.69. The van der Waals surface area contributed by atoms with E-state index < -0.39 is 0 Å². The van der Waals surface area contributed by atoms with E-state index in [9.17, 15) is 0 Å². The Morgan fingerprint density at radius 3 is 2.55 bits per heavy atom. The van der Waals surface area contributed by atoms with Crippen LogP contribution in [-0.4, -0.2) is 12.8 Å². The van der Waals surface area contributed by atoms with Crippen molar-refractivity contribution in [2.24, 2.45) is 11.1 Å². The van der Waals surface area contributed by atoms with E-state index in [0.717, 1.165) is 18.1 Å². The van der Waals surface area contributed by atoms with Crippen LogP contribution in [0.2, 0.25) is 0 Å². The summed E-state index contributed by atoms with van der Waals surface area (Å²) >= 11 is 0. The van der Waals surface area contributed by atoms with Gasteiger partial charge in [-0.05, 0) is 25.7 Å². The van der Waals surface area contributed by atoms with E-state index in [4.69, 9.17) is 0 Å². The lowest BCUT2D eigenvalue weighted by molar-refractivity contribution is 0.212. The molecule has 0 aromatic rings. The molecule has 2 nitrogen and oxygen atoms in total. The number of rotatable bonds is 5. The molecule has 0 amide bonds. The average Bonchev–Trinajstić information content (AvgIpc) is 1.87. The summed E-state index contributed by atoms with van der Waals surface area (Å²) in [4.78, 5) is 4.65. The van der Waals surface area contributed by atoms with Crippen molar-refractivity contribution in [1.29, 1.82) is 0 Å². The fourth-order valence-corrected chi connectivity index (χ4v) is 0.968. The monoisotopic (exact) mass is 157 g/mol. The van der Waals surface area contributed by atoms with Crippen molar-refractivity contribution in [2.45, 2.75) is 40.0 Å². The number of nitrogens with zero attached hydrogens (tertiary/aromatic N) is 1. The van der Waals surface area contributed by atoms with E-state index in [-0.39, 0.29) is 0 Å². The lowest BCUT2D eigenvalue weighted by atomic mass is 10.1. The summed E-state index contributed by atoms with van der Waals surface area (Å²) in [6.07, 6.45) is 3.55. The molecule has 0 aliphatic carbocycles. The second-order valence-electron chi connectivity index (χ2n) is 3.30. The summed E-state index contributed by atoms with van der Waals surface area (Å²) in [5.74, 6) is 0.797. The predicted octanol–water partition coefficient (Wildman–Crippen LogP) is 2.84. The molecule has 0 aliphatic heterocycles. The molecule has 0 N–H and O–H groups in total. The summed E-state index contributed by atoms with van der Waals surface area (Å²) in [6, 6.07) is 0. The Labute approximate surface area is 69.6 Å². The van der Waals surface area contributed by atoms with E-state index in [1.165, 1.54) is 12.8 Å². The van der Waals surface area contributed by atoms with Crippen LogP contribution in [0.1, 0.15) is 40.0 Å². The molecule has 0 spiro atoms. The maximum Gasteiger partial charge on any atom is 0.106 e. The molecule has 0 aromatic heterocycles. The Morgan fingerprint density at radius 2 is 2.09 bits per heavy atom. The second kappa shape index (κ2) is 6.20. The zero-order valence-electron chi connectivity index (χ0n) is 8.05. The second-order valence-corrected chi connectivity index (χ2v) is 3.30. The van der Waals surface area contributed by atoms with E-state index >= 15 is 0 Å². The van der Waals surface area contributed by atoms with Crippen LogP contribution >= 0.6 is 0 Å². The van der Waals surface area contributed by atoms with Crippen molar-refractivity contribution in [3.05, 3.63) is 0 Å². The van der Waals surface area contributed by atoms with Gasteiger partial charge in [0.1, 0.15) is 7.11 Å². The van der Waals surface area contributed by atoms with Gasteiger partial charge in [-0.3, -0.25) is 0 Å². The van der Waals surface area contributed by atoms with E-state index in [2.05, 4.69) is 23.8 Å². The van der Waals surface area contributed by atoms with Gasteiger partial charge in [-0.2, -0.15) is 0 Å². The highest BCUT2D eigenvalue weighted by Crippen LogP contribution is 2.06. The maximum atomic E-state index is 4.65. The van der Waals surface area contributed by atoms with Gasteiger partial charge in [0.15, 0.2) is 0 Å². The van der Waals surface area contributed by atoms with E-state index in [0.29, 0.717) is 0 Å². The molecular formula is C9H19NO. The Bertz CT molecular complexity index is 119. The molecule has 11 heavy (non-hydrogen) atoms. The molecule has 2 heteroatoms. The first-order chi connectivity index (χ1) is 5.16. The van der Waals surface area contributed by atoms with Crippen molar-refractivity contribution in [3.8, 4) is 0 Å². The van der Waals surface area contributed by atoms with Gasteiger partial charge in [-0.15, -0.1) is 0 Å². The molecule has 0 atom stereocenters. The van der Waals surface area contributed by atoms with Crippen LogP contribution in [-0.2, 0) is 4.84 Å². The van der Waals surface area contributed by atoms with Crippen LogP contribution in [0.5, 0.6) is 0 Å². The van der Waals surface area contributed by atoms with Gasteiger partial charge in [0.25, 0.3) is 0 Å². The molecule has 0 aliphatic rings. The number of hydrogen-bond acceptors (Lipinski definition) is 2. The Balaban J connectivity index is 3.31. The molecule has 0 rings (SSSR count). The van der Waals surface area contributed by atoms with Gasteiger partial charge in [0.2, 0.25) is 0 Å². The van der Waals surface area contributed by atoms with E-state index in [1.807, 2.05) is 6.92 Å². The molecule has 0 radical (unpaired) electrons. The molecule has 0 bridgehead atoms. The minimum absolute atomic E-state index is 0.797. The molecule has 0 fully saturated rings. The molecule has 0 saturated carbocycles. The number of oxime groups is 1. The highest BCUT2D eigenvalue weighted by atomic mass is 16.6. The standard InChI is InChI=1S/C9H19NO/c1-8(2)6-5-7-9(3)10-11-4/h8H,5-7H2,1-4H3/b10-9-. The third-order valence-corrected chi connectivity index (χ3v) is 1.57. The predicted molar refractivity (Wildman–Crippen MR) is 48.8 cm³/mol. The topological polar surface area (TPSA) is 21.6 Å². The largest absolute Gasteiger partial charge is 0.399 e. The minimum Gasteiger partial charge on any atom is -0.399 e. The summed E-state index contributed by atoms with van der Waals surface area (Å²) < 4.78 is 0. The quantitative estimate of drug-likeness (QED) is 0.444. The van der Waals surface area contributed by atoms with E-state index in [1.54, 1.807) is 7.11 Å². The third-order valence-electron chi connectivity index (χ3n) is 1.57. The maximum absolute atomic E-state index is 4.65. The molecule has 0 heterocycles. The summed E-state index contributed by atoms with van der Waals surface area (Å²) in [5.41, 5.74) is 1.09. The zero-order valence-corrected chi connectivity index (χ0v) is 8.05. The first kappa shape index (κ1) is 10.5.